The second-order valence-electron chi connectivity index (χ2n) is 5.85. The van der Waals surface area contributed by atoms with Gasteiger partial charge in [0.25, 0.3) is 5.56 Å². The standard InChI is InChI=1S/C14H26N4O/c1-5-11(6-7-15)10-17-12-13(19)18(9-8-16-12)14(2,3)4/h8-9,11H,5-7,10,15H2,1-4H3,(H,16,17). The van der Waals surface area contributed by atoms with Crippen molar-refractivity contribution in [2.45, 2.75) is 46.1 Å². The molecule has 0 saturated carbocycles. The molecule has 3 N–H and O–H groups in total. The molecule has 0 fully saturated rings. The first kappa shape index (κ1) is 15.7. The summed E-state index contributed by atoms with van der Waals surface area (Å²) in [5.41, 5.74) is 5.27. The number of hydrogen-bond acceptors (Lipinski definition) is 4. The molecule has 0 aliphatic carbocycles. The molecular formula is C14H26N4O. The Bertz CT molecular complexity index is 447. The number of anilines is 1. The molecule has 108 valence electrons. The van der Waals surface area contributed by atoms with Crippen LogP contribution in [0.3, 0.4) is 0 Å². The zero-order valence-corrected chi connectivity index (χ0v) is 12.4. The number of nitrogens with two attached hydrogens (primary N) is 1. The molecule has 0 aliphatic heterocycles. The molecule has 1 atom stereocenters. The average Bonchev–Trinajstić information content (AvgIpc) is 2.34. The largest absolute Gasteiger partial charge is 0.365 e. The van der Waals surface area contributed by atoms with Gasteiger partial charge in [-0.15, -0.1) is 0 Å². The van der Waals surface area contributed by atoms with Crippen LogP contribution in [0.1, 0.15) is 40.5 Å². The highest BCUT2D eigenvalue weighted by Gasteiger charge is 2.16. The Morgan fingerprint density at radius 3 is 2.68 bits per heavy atom. The zero-order valence-electron chi connectivity index (χ0n) is 12.4. The molecule has 0 aromatic carbocycles. The van der Waals surface area contributed by atoms with Gasteiger partial charge in [-0.1, -0.05) is 13.3 Å². The summed E-state index contributed by atoms with van der Waals surface area (Å²) in [6.45, 7) is 9.55. The second-order valence-corrected chi connectivity index (χ2v) is 5.85. The fourth-order valence-electron chi connectivity index (χ4n) is 1.99. The summed E-state index contributed by atoms with van der Waals surface area (Å²) < 4.78 is 1.70. The van der Waals surface area contributed by atoms with Gasteiger partial charge in [-0.3, -0.25) is 4.79 Å². The SMILES string of the molecule is CCC(CCN)CNc1nccn(C(C)(C)C)c1=O. The summed E-state index contributed by atoms with van der Waals surface area (Å²) in [5.74, 6) is 0.905. The maximum atomic E-state index is 12.3. The van der Waals surface area contributed by atoms with E-state index in [1.54, 1.807) is 17.0 Å². The van der Waals surface area contributed by atoms with Gasteiger partial charge < -0.3 is 15.6 Å². The van der Waals surface area contributed by atoms with E-state index in [4.69, 9.17) is 5.73 Å². The second kappa shape index (κ2) is 6.70. The van der Waals surface area contributed by atoms with Gasteiger partial charge in [-0.05, 0) is 39.7 Å². The third kappa shape index (κ3) is 4.35. The van der Waals surface area contributed by atoms with Crippen LogP contribution >= 0.6 is 0 Å². The highest BCUT2D eigenvalue weighted by Crippen LogP contribution is 2.12. The van der Waals surface area contributed by atoms with Crippen LogP contribution in [0, 0.1) is 5.92 Å². The maximum absolute atomic E-state index is 12.3. The minimum atomic E-state index is -0.238. The first-order valence-corrected chi connectivity index (χ1v) is 6.92. The smallest absolute Gasteiger partial charge is 0.293 e. The third-order valence-electron chi connectivity index (χ3n) is 3.27. The van der Waals surface area contributed by atoms with Crippen LogP contribution in [0.4, 0.5) is 5.82 Å². The highest BCUT2D eigenvalue weighted by molar-refractivity contribution is 5.31. The molecule has 0 aliphatic rings. The highest BCUT2D eigenvalue weighted by atomic mass is 16.1. The van der Waals surface area contributed by atoms with Gasteiger partial charge in [0, 0.05) is 24.5 Å². The van der Waals surface area contributed by atoms with E-state index in [0.29, 0.717) is 18.3 Å². The van der Waals surface area contributed by atoms with Gasteiger partial charge in [0.1, 0.15) is 0 Å². The van der Waals surface area contributed by atoms with Gasteiger partial charge >= 0.3 is 0 Å². The first-order chi connectivity index (χ1) is 8.90. The number of rotatable bonds is 6. The molecule has 19 heavy (non-hydrogen) atoms. The molecule has 5 nitrogen and oxygen atoms in total. The molecule has 5 heteroatoms. The number of aromatic nitrogens is 2. The van der Waals surface area contributed by atoms with E-state index >= 15 is 0 Å². The van der Waals surface area contributed by atoms with E-state index < -0.39 is 0 Å². The molecular weight excluding hydrogens is 240 g/mol. The lowest BCUT2D eigenvalue weighted by Crippen LogP contribution is -2.35. The molecule has 1 rings (SSSR count). The van der Waals surface area contributed by atoms with E-state index in [2.05, 4.69) is 17.2 Å². The van der Waals surface area contributed by atoms with Gasteiger partial charge in [-0.25, -0.2) is 4.98 Å². The summed E-state index contributed by atoms with van der Waals surface area (Å²) >= 11 is 0. The fraction of sp³-hybridized carbons (Fsp3) is 0.714. The van der Waals surface area contributed by atoms with Crippen molar-refractivity contribution in [3.05, 3.63) is 22.7 Å². The van der Waals surface area contributed by atoms with Crippen LogP contribution in [0.2, 0.25) is 0 Å². The van der Waals surface area contributed by atoms with E-state index in [1.807, 2.05) is 20.8 Å². The van der Waals surface area contributed by atoms with Crippen molar-refractivity contribution in [1.29, 1.82) is 0 Å². The molecule has 0 radical (unpaired) electrons. The van der Waals surface area contributed by atoms with Crippen molar-refractivity contribution in [3.8, 4) is 0 Å². The Morgan fingerprint density at radius 2 is 2.16 bits per heavy atom. The van der Waals surface area contributed by atoms with Crippen LogP contribution in [0.5, 0.6) is 0 Å². The fourth-order valence-corrected chi connectivity index (χ4v) is 1.99. The predicted octanol–water partition coefficient (Wildman–Crippen LogP) is 1.79. The summed E-state index contributed by atoms with van der Waals surface area (Å²) in [6, 6.07) is 0. The van der Waals surface area contributed by atoms with Crippen molar-refractivity contribution in [3.63, 3.8) is 0 Å². The lowest BCUT2D eigenvalue weighted by atomic mass is 10.0. The van der Waals surface area contributed by atoms with Crippen molar-refractivity contribution in [2.75, 3.05) is 18.4 Å². The topological polar surface area (TPSA) is 72.9 Å². The summed E-state index contributed by atoms with van der Waals surface area (Å²) in [5, 5.41) is 3.16. The van der Waals surface area contributed by atoms with Crippen molar-refractivity contribution >= 4 is 5.82 Å². The number of nitrogens with zero attached hydrogens (tertiary/aromatic N) is 2. The van der Waals surface area contributed by atoms with E-state index in [9.17, 15) is 4.79 Å². The molecule has 0 bridgehead atoms. The summed E-state index contributed by atoms with van der Waals surface area (Å²) in [6.07, 6.45) is 5.40. The lowest BCUT2D eigenvalue weighted by molar-refractivity contribution is 0.383. The minimum absolute atomic E-state index is 0.0717. The van der Waals surface area contributed by atoms with Crippen molar-refractivity contribution in [1.82, 2.24) is 9.55 Å². The molecule has 1 aromatic heterocycles. The normalized spacial score (nSPS) is 13.3. The molecule has 1 unspecified atom stereocenters. The monoisotopic (exact) mass is 266 g/mol. The minimum Gasteiger partial charge on any atom is -0.365 e. The average molecular weight is 266 g/mol. The van der Waals surface area contributed by atoms with Crippen LogP contribution in [0.25, 0.3) is 0 Å². The molecule has 1 heterocycles. The Kier molecular flexibility index (Phi) is 5.54. The molecule has 0 spiro atoms. The van der Waals surface area contributed by atoms with Crippen molar-refractivity contribution < 1.29 is 0 Å². The van der Waals surface area contributed by atoms with Crippen molar-refractivity contribution in [2.24, 2.45) is 11.7 Å². The summed E-state index contributed by atoms with van der Waals surface area (Å²) in [7, 11) is 0. The van der Waals surface area contributed by atoms with Crippen LogP contribution in [0.15, 0.2) is 17.2 Å². The van der Waals surface area contributed by atoms with E-state index in [-0.39, 0.29) is 11.1 Å². The van der Waals surface area contributed by atoms with E-state index in [1.165, 1.54) is 0 Å². The van der Waals surface area contributed by atoms with E-state index in [0.717, 1.165) is 19.4 Å². The zero-order chi connectivity index (χ0) is 14.5. The Morgan fingerprint density at radius 1 is 1.47 bits per heavy atom. The lowest BCUT2D eigenvalue weighted by Gasteiger charge is -2.23. The van der Waals surface area contributed by atoms with Gasteiger partial charge in [0.05, 0.1) is 0 Å². The predicted molar refractivity (Wildman–Crippen MR) is 79.4 cm³/mol. The molecule has 0 saturated heterocycles. The van der Waals surface area contributed by atoms with Gasteiger partial charge in [0.2, 0.25) is 0 Å². The van der Waals surface area contributed by atoms with Crippen LogP contribution < -0.4 is 16.6 Å². The number of hydrogen-bond donors (Lipinski definition) is 2. The molecule has 1 aromatic rings. The Balaban J connectivity index is 2.83. The third-order valence-corrected chi connectivity index (χ3v) is 3.27. The van der Waals surface area contributed by atoms with Crippen LogP contribution in [-0.2, 0) is 5.54 Å². The van der Waals surface area contributed by atoms with Crippen LogP contribution in [-0.4, -0.2) is 22.6 Å². The number of nitrogens with one attached hydrogen (secondary N) is 1. The van der Waals surface area contributed by atoms with Gasteiger partial charge in [0.15, 0.2) is 5.82 Å². The first-order valence-electron chi connectivity index (χ1n) is 6.92. The maximum Gasteiger partial charge on any atom is 0.293 e. The molecule has 0 amide bonds. The summed E-state index contributed by atoms with van der Waals surface area (Å²) in [4.78, 5) is 16.4. The van der Waals surface area contributed by atoms with Gasteiger partial charge in [-0.2, -0.15) is 0 Å². The Labute approximate surface area is 115 Å². The Hall–Kier alpha value is -1.36. The quantitative estimate of drug-likeness (QED) is 0.823.